The van der Waals surface area contributed by atoms with Gasteiger partial charge in [-0.05, 0) is 12.0 Å². The first-order valence-corrected chi connectivity index (χ1v) is 7.59. The summed E-state index contributed by atoms with van der Waals surface area (Å²) in [5.74, 6) is -3.93. The fraction of sp³-hybridized carbons (Fsp3) is 0.438. The molecule has 1 aliphatic heterocycles. The number of rotatable bonds is 5. The van der Waals surface area contributed by atoms with Gasteiger partial charge in [0, 0.05) is 6.42 Å². The van der Waals surface area contributed by atoms with Gasteiger partial charge in [0.15, 0.2) is 0 Å². The SMILES string of the molecule is COC(=O)CC(F)(F)Cn1nc2n(c1=O)C(c1ccccc1)CC2. The quantitative estimate of drug-likeness (QED) is 0.780. The van der Waals surface area contributed by atoms with E-state index in [9.17, 15) is 18.4 Å². The van der Waals surface area contributed by atoms with Gasteiger partial charge in [0.2, 0.25) is 0 Å². The molecule has 6 nitrogen and oxygen atoms in total. The number of nitrogens with zero attached hydrogens (tertiary/aromatic N) is 3. The highest BCUT2D eigenvalue weighted by atomic mass is 19.3. The zero-order valence-electron chi connectivity index (χ0n) is 13.1. The Morgan fingerprint density at radius 3 is 2.75 bits per heavy atom. The minimum absolute atomic E-state index is 0.198. The van der Waals surface area contributed by atoms with Gasteiger partial charge < -0.3 is 4.74 Å². The Hall–Kier alpha value is -2.51. The minimum Gasteiger partial charge on any atom is -0.469 e. The number of carbonyl (C=O) groups excluding carboxylic acids is 1. The van der Waals surface area contributed by atoms with Crippen LogP contribution < -0.4 is 5.69 Å². The lowest BCUT2D eigenvalue weighted by Gasteiger charge is -2.15. The molecule has 2 heterocycles. The third kappa shape index (κ3) is 3.08. The molecule has 0 radical (unpaired) electrons. The van der Waals surface area contributed by atoms with E-state index in [-0.39, 0.29) is 6.04 Å². The number of benzene rings is 1. The van der Waals surface area contributed by atoms with Crippen molar-refractivity contribution in [2.75, 3.05) is 7.11 Å². The van der Waals surface area contributed by atoms with Crippen LogP contribution in [0.15, 0.2) is 35.1 Å². The van der Waals surface area contributed by atoms with Crippen molar-refractivity contribution in [1.82, 2.24) is 14.3 Å². The van der Waals surface area contributed by atoms with Crippen LogP contribution in [0.3, 0.4) is 0 Å². The van der Waals surface area contributed by atoms with E-state index in [2.05, 4.69) is 9.84 Å². The Kier molecular flexibility index (Phi) is 4.21. The molecule has 3 rings (SSSR count). The summed E-state index contributed by atoms with van der Waals surface area (Å²) in [7, 11) is 1.04. The van der Waals surface area contributed by atoms with Gasteiger partial charge in [0.25, 0.3) is 5.92 Å². The van der Waals surface area contributed by atoms with Crippen molar-refractivity contribution in [3.63, 3.8) is 0 Å². The molecule has 0 aliphatic carbocycles. The van der Waals surface area contributed by atoms with E-state index in [1.807, 2.05) is 30.3 Å². The number of carbonyl (C=O) groups is 1. The molecule has 24 heavy (non-hydrogen) atoms. The van der Waals surface area contributed by atoms with Gasteiger partial charge in [-0.1, -0.05) is 30.3 Å². The smallest absolute Gasteiger partial charge is 0.346 e. The molecule has 0 saturated heterocycles. The van der Waals surface area contributed by atoms with Crippen LogP contribution >= 0.6 is 0 Å². The van der Waals surface area contributed by atoms with E-state index < -0.39 is 30.5 Å². The van der Waals surface area contributed by atoms with Gasteiger partial charge in [0.1, 0.15) is 18.8 Å². The van der Waals surface area contributed by atoms with Crippen LogP contribution in [0.4, 0.5) is 8.78 Å². The molecule has 1 atom stereocenters. The molecule has 1 aromatic heterocycles. The number of alkyl halides is 2. The summed E-state index contributed by atoms with van der Waals surface area (Å²) in [6.07, 6.45) is 0.172. The predicted molar refractivity (Wildman–Crippen MR) is 81.0 cm³/mol. The topological polar surface area (TPSA) is 66.1 Å². The summed E-state index contributed by atoms with van der Waals surface area (Å²) in [6, 6.07) is 9.21. The van der Waals surface area contributed by atoms with E-state index in [1.54, 1.807) is 0 Å². The van der Waals surface area contributed by atoms with Gasteiger partial charge in [0.05, 0.1) is 13.2 Å². The lowest BCUT2D eigenvalue weighted by molar-refractivity contribution is -0.149. The number of aromatic nitrogens is 3. The Bertz CT molecular complexity index is 799. The molecule has 128 valence electrons. The molecule has 0 bridgehead atoms. The summed E-state index contributed by atoms with van der Waals surface area (Å²) in [5.41, 5.74) is 0.361. The van der Waals surface area contributed by atoms with E-state index >= 15 is 0 Å². The van der Waals surface area contributed by atoms with Crippen LogP contribution in [-0.4, -0.2) is 33.3 Å². The molecule has 0 spiro atoms. The van der Waals surface area contributed by atoms with Crippen LogP contribution in [0.1, 0.15) is 30.3 Å². The van der Waals surface area contributed by atoms with Crippen molar-refractivity contribution in [3.8, 4) is 0 Å². The van der Waals surface area contributed by atoms with E-state index in [4.69, 9.17) is 0 Å². The summed E-state index contributed by atoms with van der Waals surface area (Å²) in [6.45, 7) is -0.942. The lowest BCUT2D eigenvalue weighted by Crippen LogP contribution is -2.35. The Morgan fingerprint density at radius 2 is 2.08 bits per heavy atom. The Morgan fingerprint density at radius 1 is 1.38 bits per heavy atom. The van der Waals surface area contributed by atoms with Crippen molar-refractivity contribution in [3.05, 3.63) is 52.2 Å². The highest BCUT2D eigenvalue weighted by Gasteiger charge is 2.37. The van der Waals surface area contributed by atoms with Crippen LogP contribution in [0.5, 0.6) is 0 Å². The molecule has 1 aromatic carbocycles. The maximum Gasteiger partial charge on any atom is 0.346 e. The standard InChI is InChI=1S/C16H17F2N3O3/c1-24-14(22)9-16(17,18)10-20-15(23)21-12(7-8-13(21)19-20)11-5-3-2-4-6-11/h2-6,12H,7-10H2,1H3. The Labute approximate surface area is 136 Å². The monoisotopic (exact) mass is 337 g/mol. The van der Waals surface area contributed by atoms with E-state index in [0.29, 0.717) is 18.7 Å². The number of esters is 1. The number of aryl methyl sites for hydroxylation is 1. The number of hydrogen-bond donors (Lipinski definition) is 0. The molecule has 8 heteroatoms. The van der Waals surface area contributed by atoms with Crippen molar-refractivity contribution in [2.24, 2.45) is 0 Å². The van der Waals surface area contributed by atoms with Gasteiger partial charge >= 0.3 is 11.7 Å². The summed E-state index contributed by atoms with van der Waals surface area (Å²) in [5, 5.41) is 4.02. The second kappa shape index (κ2) is 6.18. The number of ether oxygens (including phenoxy) is 1. The number of methoxy groups -OCH3 is 1. The third-order valence-electron chi connectivity index (χ3n) is 4.09. The molecular formula is C16H17F2N3O3. The zero-order chi connectivity index (χ0) is 17.3. The second-order valence-electron chi connectivity index (χ2n) is 5.80. The van der Waals surface area contributed by atoms with Gasteiger partial charge in [-0.3, -0.25) is 9.36 Å². The largest absolute Gasteiger partial charge is 0.469 e. The minimum atomic E-state index is -3.39. The number of hydrogen-bond acceptors (Lipinski definition) is 4. The average Bonchev–Trinajstić information content (AvgIpc) is 3.08. The lowest BCUT2D eigenvalue weighted by atomic mass is 10.1. The van der Waals surface area contributed by atoms with Gasteiger partial charge in [-0.15, -0.1) is 0 Å². The summed E-state index contributed by atoms with van der Waals surface area (Å²) >= 11 is 0. The van der Waals surface area contributed by atoms with Crippen molar-refractivity contribution in [1.29, 1.82) is 0 Å². The molecule has 0 saturated carbocycles. The molecule has 1 aliphatic rings. The zero-order valence-corrected chi connectivity index (χ0v) is 13.1. The highest BCUT2D eigenvalue weighted by molar-refractivity contribution is 5.70. The summed E-state index contributed by atoms with van der Waals surface area (Å²) in [4.78, 5) is 23.6. The molecule has 0 N–H and O–H groups in total. The second-order valence-corrected chi connectivity index (χ2v) is 5.80. The van der Waals surface area contributed by atoms with Crippen molar-refractivity contribution in [2.45, 2.75) is 37.8 Å². The molecular weight excluding hydrogens is 320 g/mol. The molecule has 1 unspecified atom stereocenters. The van der Waals surface area contributed by atoms with Crippen LogP contribution in [0, 0.1) is 0 Å². The van der Waals surface area contributed by atoms with E-state index in [0.717, 1.165) is 17.4 Å². The first-order valence-electron chi connectivity index (χ1n) is 7.59. The van der Waals surface area contributed by atoms with E-state index in [1.165, 1.54) is 4.57 Å². The first kappa shape index (κ1) is 16.4. The highest BCUT2D eigenvalue weighted by Crippen LogP contribution is 2.29. The van der Waals surface area contributed by atoms with Crippen molar-refractivity contribution < 1.29 is 18.3 Å². The summed E-state index contributed by atoms with van der Waals surface area (Å²) < 4.78 is 34.3. The fourth-order valence-electron chi connectivity index (χ4n) is 3.00. The van der Waals surface area contributed by atoms with Crippen LogP contribution in [0.2, 0.25) is 0 Å². The average molecular weight is 337 g/mol. The molecule has 2 aromatic rings. The van der Waals surface area contributed by atoms with Crippen LogP contribution in [0.25, 0.3) is 0 Å². The first-order chi connectivity index (χ1) is 11.4. The van der Waals surface area contributed by atoms with Crippen LogP contribution in [-0.2, 0) is 22.5 Å². The normalized spacial score (nSPS) is 16.9. The fourth-order valence-corrected chi connectivity index (χ4v) is 3.00. The number of fused-ring (bicyclic) bond motifs is 1. The number of halogens is 2. The molecule has 0 fully saturated rings. The maximum absolute atomic E-state index is 13.9. The Balaban J connectivity index is 1.87. The van der Waals surface area contributed by atoms with Gasteiger partial charge in [-0.25, -0.2) is 18.3 Å². The predicted octanol–water partition coefficient (Wildman–Crippen LogP) is 1.78. The molecule has 0 amide bonds. The maximum atomic E-state index is 13.9. The van der Waals surface area contributed by atoms with Crippen molar-refractivity contribution >= 4 is 5.97 Å². The van der Waals surface area contributed by atoms with Gasteiger partial charge in [-0.2, -0.15) is 5.10 Å². The third-order valence-corrected chi connectivity index (χ3v) is 4.09.